The second-order valence-corrected chi connectivity index (χ2v) is 7.15. The molecule has 9 heteroatoms. The average Bonchev–Trinajstić information content (AvgIpc) is 2.76. The van der Waals surface area contributed by atoms with E-state index in [1.54, 1.807) is 11.5 Å². The van der Waals surface area contributed by atoms with E-state index in [-0.39, 0.29) is 20.2 Å². The first-order chi connectivity index (χ1) is 9.74. The topological polar surface area (TPSA) is 64.0 Å². The Kier molecular flexibility index (Phi) is 4.60. The van der Waals surface area contributed by atoms with Gasteiger partial charge in [0.25, 0.3) is 10.0 Å². The highest BCUT2D eigenvalue weighted by atomic mass is 79.9. The number of anilines is 1. The minimum atomic E-state index is -3.90. The first-order valence-electron chi connectivity index (χ1n) is 5.95. The third-order valence-corrected chi connectivity index (χ3v) is 4.96. The van der Waals surface area contributed by atoms with Crippen LogP contribution in [0.3, 0.4) is 0 Å². The van der Waals surface area contributed by atoms with E-state index in [0.717, 1.165) is 12.1 Å². The molecule has 0 amide bonds. The van der Waals surface area contributed by atoms with Gasteiger partial charge in [-0.2, -0.15) is 8.42 Å². The Bertz CT molecular complexity index is 769. The molecular weight excluding hydrogens is 385 g/mol. The van der Waals surface area contributed by atoms with Crippen molar-refractivity contribution in [2.45, 2.75) is 25.4 Å². The summed E-state index contributed by atoms with van der Waals surface area (Å²) in [4.78, 5) is 4.01. The van der Waals surface area contributed by atoms with Crippen LogP contribution in [-0.4, -0.2) is 18.0 Å². The van der Waals surface area contributed by atoms with Gasteiger partial charge in [0, 0.05) is 17.2 Å². The summed E-state index contributed by atoms with van der Waals surface area (Å²) in [6.45, 7) is 4.20. The van der Waals surface area contributed by atoms with Crippen molar-refractivity contribution < 1.29 is 12.8 Å². The zero-order chi connectivity index (χ0) is 15.8. The Morgan fingerprint density at radius 2 is 2.14 bits per heavy atom. The van der Waals surface area contributed by atoms with Gasteiger partial charge in [-0.15, -0.1) is 0 Å². The SMILES string of the molecule is CCn1cc(S(=O)(=O)Nc2c(Cl)cc(F)cc2Br)nc1C. The molecule has 0 aliphatic carbocycles. The summed E-state index contributed by atoms with van der Waals surface area (Å²) in [6, 6.07) is 2.15. The van der Waals surface area contributed by atoms with Crippen LogP contribution < -0.4 is 4.72 Å². The quantitative estimate of drug-likeness (QED) is 0.859. The molecule has 5 nitrogen and oxygen atoms in total. The fourth-order valence-corrected chi connectivity index (χ4v) is 3.95. The molecule has 1 aromatic carbocycles. The van der Waals surface area contributed by atoms with Crippen LogP contribution in [0, 0.1) is 12.7 Å². The highest BCUT2D eigenvalue weighted by molar-refractivity contribution is 9.10. The molecule has 0 spiro atoms. The van der Waals surface area contributed by atoms with Crippen LogP contribution in [0.15, 0.2) is 27.8 Å². The molecule has 2 aromatic rings. The number of hydrogen-bond donors (Lipinski definition) is 1. The zero-order valence-electron chi connectivity index (χ0n) is 11.2. The molecule has 0 fully saturated rings. The number of halogens is 3. The smallest absolute Gasteiger partial charge is 0.281 e. The van der Waals surface area contributed by atoms with Crippen molar-refractivity contribution in [2.75, 3.05) is 4.72 Å². The number of benzene rings is 1. The number of imidazole rings is 1. The molecule has 2 rings (SSSR count). The van der Waals surface area contributed by atoms with E-state index in [9.17, 15) is 12.8 Å². The van der Waals surface area contributed by atoms with Crippen molar-refractivity contribution in [1.29, 1.82) is 0 Å². The molecule has 0 saturated carbocycles. The molecular formula is C12H12BrClFN3O2S. The summed E-state index contributed by atoms with van der Waals surface area (Å²) >= 11 is 8.95. The van der Waals surface area contributed by atoms with E-state index in [4.69, 9.17) is 11.6 Å². The third-order valence-electron chi connectivity index (χ3n) is 2.81. The Labute approximate surface area is 135 Å². The van der Waals surface area contributed by atoms with Crippen LogP contribution in [0.5, 0.6) is 0 Å². The van der Waals surface area contributed by atoms with Crippen molar-refractivity contribution in [2.24, 2.45) is 0 Å². The van der Waals surface area contributed by atoms with Crippen molar-refractivity contribution in [3.05, 3.63) is 39.5 Å². The number of aromatic nitrogens is 2. The lowest BCUT2D eigenvalue weighted by molar-refractivity contribution is 0.597. The highest BCUT2D eigenvalue weighted by Crippen LogP contribution is 2.33. The molecule has 0 aliphatic heterocycles. The molecule has 1 heterocycles. The highest BCUT2D eigenvalue weighted by Gasteiger charge is 2.22. The molecule has 0 aliphatic rings. The Morgan fingerprint density at radius 1 is 1.48 bits per heavy atom. The van der Waals surface area contributed by atoms with Crippen LogP contribution in [0.25, 0.3) is 0 Å². The van der Waals surface area contributed by atoms with Gasteiger partial charge in [0.1, 0.15) is 11.6 Å². The van der Waals surface area contributed by atoms with Gasteiger partial charge in [0.15, 0.2) is 5.03 Å². The van der Waals surface area contributed by atoms with Crippen LogP contribution in [-0.2, 0) is 16.6 Å². The normalized spacial score (nSPS) is 11.7. The second-order valence-electron chi connectivity index (χ2n) is 4.26. The molecule has 0 atom stereocenters. The van der Waals surface area contributed by atoms with Crippen molar-refractivity contribution in [3.63, 3.8) is 0 Å². The maximum atomic E-state index is 13.2. The second kappa shape index (κ2) is 5.94. The standard InChI is InChI=1S/C12H12BrClFN3O2S/c1-3-18-6-11(16-7(18)2)21(19,20)17-12-9(13)4-8(15)5-10(12)14/h4-6,17H,3H2,1-2H3. The first-order valence-corrected chi connectivity index (χ1v) is 8.61. The largest absolute Gasteiger partial charge is 0.334 e. The lowest BCUT2D eigenvalue weighted by Crippen LogP contribution is -2.14. The predicted octanol–water partition coefficient (Wildman–Crippen LogP) is 3.57. The summed E-state index contributed by atoms with van der Waals surface area (Å²) < 4.78 is 42.0. The molecule has 114 valence electrons. The molecule has 1 N–H and O–H groups in total. The first kappa shape index (κ1) is 16.3. The van der Waals surface area contributed by atoms with E-state index in [1.165, 1.54) is 6.20 Å². The minimum absolute atomic E-state index is 0.0444. The summed E-state index contributed by atoms with van der Waals surface area (Å²) in [5.41, 5.74) is 0.0711. The van der Waals surface area contributed by atoms with Crippen molar-refractivity contribution in [1.82, 2.24) is 9.55 Å². The maximum Gasteiger partial charge on any atom is 0.281 e. The number of nitrogens with zero attached hydrogens (tertiary/aromatic N) is 2. The third kappa shape index (κ3) is 3.38. The lowest BCUT2D eigenvalue weighted by atomic mass is 10.3. The Balaban J connectivity index is 2.42. The van der Waals surface area contributed by atoms with Gasteiger partial charge in [-0.05, 0) is 41.9 Å². The van der Waals surface area contributed by atoms with E-state index in [0.29, 0.717) is 12.4 Å². The summed E-state index contributed by atoms with van der Waals surface area (Å²) in [7, 11) is -3.90. The van der Waals surface area contributed by atoms with E-state index >= 15 is 0 Å². The van der Waals surface area contributed by atoms with Gasteiger partial charge in [0.2, 0.25) is 0 Å². The molecule has 1 aromatic heterocycles. The molecule has 0 saturated heterocycles. The van der Waals surface area contributed by atoms with Gasteiger partial charge < -0.3 is 4.57 Å². The van der Waals surface area contributed by atoms with Gasteiger partial charge in [-0.25, -0.2) is 9.37 Å². The van der Waals surface area contributed by atoms with Crippen LogP contribution >= 0.6 is 27.5 Å². The summed E-state index contributed by atoms with van der Waals surface area (Å²) in [5, 5.41) is -0.161. The lowest BCUT2D eigenvalue weighted by Gasteiger charge is -2.10. The Morgan fingerprint density at radius 3 is 2.67 bits per heavy atom. The van der Waals surface area contributed by atoms with E-state index in [2.05, 4.69) is 25.6 Å². The molecule has 0 bridgehead atoms. The molecule has 21 heavy (non-hydrogen) atoms. The number of aryl methyl sites for hydroxylation is 2. The van der Waals surface area contributed by atoms with Gasteiger partial charge in [0.05, 0.1) is 10.7 Å². The molecule has 0 unspecified atom stereocenters. The van der Waals surface area contributed by atoms with Crippen LogP contribution in [0.1, 0.15) is 12.7 Å². The maximum absolute atomic E-state index is 13.2. The summed E-state index contributed by atoms with van der Waals surface area (Å²) in [5.74, 6) is 0.0167. The van der Waals surface area contributed by atoms with Crippen LogP contribution in [0.4, 0.5) is 10.1 Å². The number of nitrogens with one attached hydrogen (secondary N) is 1. The fraction of sp³-hybridized carbons (Fsp3) is 0.250. The van der Waals surface area contributed by atoms with E-state index in [1.807, 2.05) is 6.92 Å². The van der Waals surface area contributed by atoms with E-state index < -0.39 is 15.8 Å². The van der Waals surface area contributed by atoms with Crippen molar-refractivity contribution >= 4 is 43.2 Å². The summed E-state index contributed by atoms with van der Waals surface area (Å²) in [6.07, 6.45) is 1.43. The zero-order valence-corrected chi connectivity index (χ0v) is 14.4. The number of sulfonamides is 1. The predicted molar refractivity (Wildman–Crippen MR) is 82.6 cm³/mol. The average molecular weight is 397 g/mol. The van der Waals surface area contributed by atoms with Gasteiger partial charge >= 0.3 is 0 Å². The molecule has 0 radical (unpaired) electrons. The number of rotatable bonds is 4. The number of hydrogen-bond acceptors (Lipinski definition) is 3. The van der Waals surface area contributed by atoms with Crippen molar-refractivity contribution in [3.8, 4) is 0 Å². The minimum Gasteiger partial charge on any atom is -0.334 e. The van der Waals surface area contributed by atoms with Gasteiger partial charge in [-0.1, -0.05) is 11.6 Å². The van der Waals surface area contributed by atoms with Crippen LogP contribution in [0.2, 0.25) is 5.02 Å². The van der Waals surface area contributed by atoms with Gasteiger partial charge in [-0.3, -0.25) is 4.72 Å². The Hall–Kier alpha value is -1.12. The fourth-order valence-electron chi connectivity index (χ4n) is 1.76. The monoisotopic (exact) mass is 395 g/mol.